The number of rotatable bonds is 5. The van der Waals surface area contributed by atoms with Crippen molar-refractivity contribution < 1.29 is 8.85 Å². The number of ether oxygens (including phenoxy) is 1. The van der Waals surface area contributed by atoms with Crippen LogP contribution in [0, 0.1) is 11.5 Å². The molecule has 76 valence electrons. The zero-order chi connectivity index (χ0) is 10.5. The zero-order valence-corrected chi connectivity index (χ0v) is 11.2. The summed E-state index contributed by atoms with van der Waals surface area (Å²) in [6.07, 6.45) is 2.17. The molecule has 0 heterocycles. The van der Waals surface area contributed by atoms with Gasteiger partial charge in [-0.2, -0.15) is 5.26 Å². The third-order valence-electron chi connectivity index (χ3n) is 1.89. The molecule has 0 spiro atoms. The van der Waals surface area contributed by atoms with Gasteiger partial charge >= 0.3 is 0 Å². The van der Waals surface area contributed by atoms with Gasteiger partial charge in [-0.25, -0.2) is 0 Å². The van der Waals surface area contributed by atoms with Crippen molar-refractivity contribution in [3.63, 3.8) is 0 Å². The van der Waals surface area contributed by atoms with Gasteiger partial charge in [0.1, 0.15) is 6.23 Å². The standard InChI is InChI=1S/C8H19NO2Si2/c1-6-12(2,3)11-13(4,5)8-10-7-9/h6,8H2,1-5H3. The zero-order valence-electron chi connectivity index (χ0n) is 9.18. The van der Waals surface area contributed by atoms with Crippen LogP contribution in [-0.2, 0) is 8.85 Å². The second kappa shape index (κ2) is 4.79. The van der Waals surface area contributed by atoms with Crippen LogP contribution < -0.4 is 0 Å². The van der Waals surface area contributed by atoms with Gasteiger partial charge in [0.2, 0.25) is 8.32 Å². The Bertz CT molecular complexity index is 199. The van der Waals surface area contributed by atoms with Crippen LogP contribution >= 0.6 is 0 Å². The molecule has 13 heavy (non-hydrogen) atoms. The van der Waals surface area contributed by atoms with E-state index >= 15 is 0 Å². The van der Waals surface area contributed by atoms with Gasteiger partial charge in [-0.3, -0.25) is 0 Å². The monoisotopic (exact) mass is 217 g/mol. The van der Waals surface area contributed by atoms with Crippen LogP contribution in [0.5, 0.6) is 0 Å². The van der Waals surface area contributed by atoms with Crippen molar-refractivity contribution in [1.82, 2.24) is 0 Å². The minimum atomic E-state index is -1.76. The van der Waals surface area contributed by atoms with Crippen molar-refractivity contribution >= 4 is 16.6 Å². The lowest BCUT2D eigenvalue weighted by Gasteiger charge is -2.32. The van der Waals surface area contributed by atoms with E-state index in [2.05, 4.69) is 33.1 Å². The second-order valence-corrected chi connectivity index (χ2v) is 13.2. The molecule has 0 saturated heterocycles. The summed E-state index contributed by atoms with van der Waals surface area (Å²) in [4.78, 5) is 0. The largest absolute Gasteiger partial charge is 0.453 e. The maximum atomic E-state index is 8.29. The number of hydrogen-bond acceptors (Lipinski definition) is 3. The molecule has 5 heteroatoms. The third-order valence-corrected chi connectivity index (χ3v) is 8.85. The van der Waals surface area contributed by atoms with Crippen molar-refractivity contribution in [3.8, 4) is 6.26 Å². The number of nitrogens with zero attached hydrogens (tertiary/aromatic N) is 1. The summed E-state index contributed by atoms with van der Waals surface area (Å²) in [5.74, 6) is 0. The molecule has 3 nitrogen and oxygen atoms in total. The molecular formula is C8H19NO2Si2. The van der Waals surface area contributed by atoms with Crippen LogP contribution in [0.15, 0.2) is 0 Å². The number of hydrogen-bond donors (Lipinski definition) is 0. The van der Waals surface area contributed by atoms with Gasteiger partial charge in [0.25, 0.3) is 6.26 Å². The summed E-state index contributed by atoms with van der Waals surface area (Å²) in [6, 6.07) is 1.11. The van der Waals surface area contributed by atoms with Crippen LogP contribution in [0.1, 0.15) is 6.92 Å². The van der Waals surface area contributed by atoms with Gasteiger partial charge in [-0.1, -0.05) is 6.92 Å². The molecule has 0 aliphatic heterocycles. The molecule has 0 radical (unpaired) electrons. The summed E-state index contributed by atoms with van der Waals surface area (Å²) in [6.45, 7) is 10.7. The van der Waals surface area contributed by atoms with Crippen LogP contribution in [-0.4, -0.2) is 22.9 Å². The molecule has 0 rings (SSSR count). The molecule has 0 amide bonds. The summed E-state index contributed by atoms with van der Waals surface area (Å²) < 4.78 is 10.8. The Morgan fingerprint density at radius 1 is 1.15 bits per heavy atom. The van der Waals surface area contributed by atoms with E-state index in [0.29, 0.717) is 6.23 Å². The second-order valence-electron chi connectivity index (χ2n) is 4.35. The maximum Gasteiger partial charge on any atom is 0.286 e. The predicted molar refractivity (Wildman–Crippen MR) is 58.1 cm³/mol. The van der Waals surface area contributed by atoms with Gasteiger partial charge in [-0.15, -0.1) is 0 Å². The molecule has 0 bridgehead atoms. The van der Waals surface area contributed by atoms with E-state index in [-0.39, 0.29) is 0 Å². The Balaban J connectivity index is 4.09. The van der Waals surface area contributed by atoms with Gasteiger partial charge in [0, 0.05) is 0 Å². The Hall–Kier alpha value is -0.316. The topological polar surface area (TPSA) is 42.2 Å². The fourth-order valence-electron chi connectivity index (χ4n) is 1.06. The molecule has 0 saturated carbocycles. The fraction of sp³-hybridized carbons (Fsp3) is 0.875. The molecule has 0 unspecified atom stereocenters. The highest BCUT2D eigenvalue weighted by atomic mass is 28.4. The molecule has 0 aliphatic rings. The summed E-state index contributed by atoms with van der Waals surface area (Å²) in [5.41, 5.74) is 0. The van der Waals surface area contributed by atoms with Gasteiger partial charge in [-0.05, 0) is 32.2 Å². The summed E-state index contributed by atoms with van der Waals surface area (Å²) in [7, 11) is -3.25. The Morgan fingerprint density at radius 2 is 1.69 bits per heavy atom. The average molecular weight is 217 g/mol. The Kier molecular flexibility index (Phi) is 4.67. The first-order valence-electron chi connectivity index (χ1n) is 4.54. The molecule has 0 fully saturated rings. The van der Waals surface area contributed by atoms with Gasteiger partial charge in [0.05, 0.1) is 0 Å². The van der Waals surface area contributed by atoms with E-state index in [0.717, 1.165) is 6.04 Å². The first-order chi connectivity index (χ1) is 5.83. The highest BCUT2D eigenvalue weighted by Gasteiger charge is 2.32. The van der Waals surface area contributed by atoms with Crippen LogP contribution in [0.3, 0.4) is 0 Å². The lowest BCUT2D eigenvalue weighted by atomic mass is 11.0. The minimum absolute atomic E-state index is 0.472. The van der Waals surface area contributed by atoms with E-state index in [1.165, 1.54) is 0 Å². The van der Waals surface area contributed by atoms with Crippen molar-refractivity contribution in [2.75, 3.05) is 6.23 Å². The summed E-state index contributed by atoms with van der Waals surface area (Å²) >= 11 is 0. The third kappa shape index (κ3) is 5.85. The van der Waals surface area contributed by atoms with Crippen LogP contribution in [0.2, 0.25) is 32.2 Å². The van der Waals surface area contributed by atoms with Crippen LogP contribution in [0.25, 0.3) is 0 Å². The van der Waals surface area contributed by atoms with Crippen molar-refractivity contribution in [2.24, 2.45) is 0 Å². The normalized spacial score (nSPS) is 12.3. The Morgan fingerprint density at radius 3 is 2.08 bits per heavy atom. The highest BCUT2D eigenvalue weighted by molar-refractivity contribution is 6.84. The minimum Gasteiger partial charge on any atom is -0.453 e. The summed E-state index contributed by atoms with van der Waals surface area (Å²) in [5, 5.41) is 8.29. The van der Waals surface area contributed by atoms with E-state index in [1.807, 2.05) is 0 Å². The van der Waals surface area contributed by atoms with Crippen LogP contribution in [0.4, 0.5) is 0 Å². The van der Waals surface area contributed by atoms with Crippen molar-refractivity contribution in [2.45, 2.75) is 39.2 Å². The van der Waals surface area contributed by atoms with E-state index in [4.69, 9.17) is 14.1 Å². The van der Waals surface area contributed by atoms with E-state index < -0.39 is 16.6 Å². The smallest absolute Gasteiger partial charge is 0.286 e. The van der Waals surface area contributed by atoms with Crippen molar-refractivity contribution in [3.05, 3.63) is 0 Å². The van der Waals surface area contributed by atoms with Gasteiger partial charge in [0.15, 0.2) is 8.32 Å². The molecule has 0 aromatic rings. The first-order valence-corrected chi connectivity index (χ1v) is 10.8. The lowest BCUT2D eigenvalue weighted by molar-refractivity contribution is 0.306. The van der Waals surface area contributed by atoms with Gasteiger partial charge < -0.3 is 8.85 Å². The maximum absolute atomic E-state index is 8.29. The molecule has 0 aliphatic carbocycles. The average Bonchev–Trinajstić information content (AvgIpc) is 1.99. The highest BCUT2D eigenvalue weighted by Crippen LogP contribution is 2.17. The number of nitriles is 1. The molecule has 0 aromatic heterocycles. The quantitative estimate of drug-likeness (QED) is 0.525. The lowest BCUT2D eigenvalue weighted by Crippen LogP contribution is -2.47. The molecule has 0 aromatic carbocycles. The predicted octanol–water partition coefficient (Wildman–Crippen LogP) is 2.47. The fourth-order valence-corrected chi connectivity index (χ4v) is 8.26. The molecule has 0 N–H and O–H groups in total. The van der Waals surface area contributed by atoms with E-state index in [9.17, 15) is 0 Å². The SMILES string of the molecule is CC[Si](C)(C)O[Si](C)(C)COC#N. The van der Waals surface area contributed by atoms with E-state index in [1.54, 1.807) is 6.26 Å². The molecule has 0 atom stereocenters. The first kappa shape index (κ1) is 12.7. The van der Waals surface area contributed by atoms with Crippen molar-refractivity contribution in [1.29, 1.82) is 5.26 Å². The Labute approximate surface area is 82.9 Å². The molecular weight excluding hydrogens is 198 g/mol.